The van der Waals surface area contributed by atoms with Crippen LogP contribution in [0.5, 0.6) is 0 Å². The summed E-state index contributed by atoms with van der Waals surface area (Å²) in [5.41, 5.74) is 4.54. The van der Waals surface area contributed by atoms with Crippen LogP contribution >= 0.6 is 0 Å². The van der Waals surface area contributed by atoms with Crippen LogP contribution < -0.4 is 5.32 Å². The lowest BCUT2D eigenvalue weighted by Crippen LogP contribution is -2.37. The maximum absolute atomic E-state index is 8.26. The van der Waals surface area contributed by atoms with E-state index in [2.05, 4.69) is 65.2 Å². The lowest BCUT2D eigenvalue weighted by Gasteiger charge is -2.24. The average Bonchev–Trinajstić information content (AvgIpc) is 2.45. The van der Waals surface area contributed by atoms with Crippen molar-refractivity contribution in [2.24, 2.45) is 5.92 Å². The Hall–Kier alpha value is -1.83. The molecule has 0 bridgehead atoms. The van der Waals surface area contributed by atoms with E-state index in [1.54, 1.807) is 0 Å². The fraction of sp³-hybridized carbons (Fsp3) is 0.476. The van der Waals surface area contributed by atoms with Crippen LogP contribution in [-0.2, 0) is 6.42 Å². The fourth-order valence-electron chi connectivity index (χ4n) is 2.39. The molecule has 2 nitrogen and oxygen atoms in total. The molecule has 23 heavy (non-hydrogen) atoms. The first kappa shape index (κ1) is 19.2. The number of aryl methyl sites for hydroxylation is 1. The van der Waals surface area contributed by atoms with Gasteiger partial charge in [-0.05, 0) is 58.4 Å². The van der Waals surface area contributed by atoms with Crippen LogP contribution in [0.1, 0.15) is 58.6 Å². The van der Waals surface area contributed by atoms with Gasteiger partial charge in [-0.15, -0.1) is 0 Å². The van der Waals surface area contributed by atoms with Gasteiger partial charge in [0.25, 0.3) is 0 Å². The quantitative estimate of drug-likeness (QED) is 0.483. The van der Waals surface area contributed by atoms with Gasteiger partial charge in [0.2, 0.25) is 0 Å². The molecule has 0 amide bonds. The van der Waals surface area contributed by atoms with E-state index in [0.29, 0.717) is 17.3 Å². The van der Waals surface area contributed by atoms with Crippen molar-refractivity contribution in [1.82, 2.24) is 5.32 Å². The molecule has 0 aliphatic carbocycles. The predicted molar refractivity (Wildman–Crippen MR) is 102 cm³/mol. The SMILES string of the molecule is C=C(NC(C)(C)C)C(=N)c1ccc(CCCC(C)C(=C)C)cc1. The minimum absolute atomic E-state index is 0.0801. The van der Waals surface area contributed by atoms with Crippen molar-refractivity contribution in [2.75, 3.05) is 0 Å². The summed E-state index contributed by atoms with van der Waals surface area (Å²) in [6.45, 7) is 18.5. The molecule has 126 valence electrons. The van der Waals surface area contributed by atoms with Gasteiger partial charge in [0.05, 0.1) is 11.4 Å². The zero-order chi connectivity index (χ0) is 17.6. The highest BCUT2D eigenvalue weighted by atomic mass is 15.0. The molecule has 1 aromatic rings. The van der Waals surface area contributed by atoms with E-state index in [1.807, 2.05) is 12.1 Å². The fourth-order valence-corrected chi connectivity index (χ4v) is 2.39. The first-order valence-corrected chi connectivity index (χ1v) is 8.41. The second-order valence-corrected chi connectivity index (χ2v) is 7.57. The summed E-state index contributed by atoms with van der Waals surface area (Å²) in [7, 11) is 0. The van der Waals surface area contributed by atoms with Crippen molar-refractivity contribution in [1.29, 1.82) is 5.41 Å². The second-order valence-electron chi connectivity index (χ2n) is 7.57. The van der Waals surface area contributed by atoms with Gasteiger partial charge in [0, 0.05) is 11.1 Å². The molecule has 0 saturated carbocycles. The van der Waals surface area contributed by atoms with Crippen LogP contribution in [0.15, 0.2) is 48.7 Å². The molecule has 0 radical (unpaired) electrons. The van der Waals surface area contributed by atoms with Gasteiger partial charge in [-0.3, -0.25) is 5.41 Å². The van der Waals surface area contributed by atoms with Crippen molar-refractivity contribution < 1.29 is 0 Å². The molecule has 2 heteroatoms. The number of hydrogen-bond acceptors (Lipinski definition) is 2. The summed E-state index contributed by atoms with van der Waals surface area (Å²) in [4.78, 5) is 0. The highest BCUT2D eigenvalue weighted by Crippen LogP contribution is 2.17. The molecular formula is C21H32N2. The van der Waals surface area contributed by atoms with Crippen LogP contribution in [0.2, 0.25) is 0 Å². The third-order valence-electron chi connectivity index (χ3n) is 4.01. The Morgan fingerprint density at radius 2 is 1.74 bits per heavy atom. The van der Waals surface area contributed by atoms with Gasteiger partial charge in [-0.25, -0.2) is 0 Å². The minimum atomic E-state index is -0.0801. The Morgan fingerprint density at radius 3 is 2.22 bits per heavy atom. The second kappa shape index (κ2) is 8.14. The third-order valence-corrected chi connectivity index (χ3v) is 4.01. The third kappa shape index (κ3) is 6.85. The Kier molecular flexibility index (Phi) is 6.80. The summed E-state index contributed by atoms with van der Waals surface area (Å²) in [6, 6.07) is 8.30. The minimum Gasteiger partial charge on any atom is -0.379 e. The van der Waals surface area contributed by atoms with Crippen LogP contribution in [0.25, 0.3) is 0 Å². The summed E-state index contributed by atoms with van der Waals surface area (Å²) in [5, 5.41) is 11.5. The van der Waals surface area contributed by atoms with Crippen LogP contribution in [0, 0.1) is 11.3 Å². The molecule has 1 unspecified atom stereocenters. The molecule has 1 aromatic carbocycles. The van der Waals surface area contributed by atoms with Gasteiger partial charge < -0.3 is 5.32 Å². The normalized spacial score (nSPS) is 12.6. The van der Waals surface area contributed by atoms with Gasteiger partial charge in [0.15, 0.2) is 0 Å². The zero-order valence-electron chi connectivity index (χ0n) is 15.4. The van der Waals surface area contributed by atoms with Gasteiger partial charge in [-0.1, -0.05) is 49.9 Å². The van der Waals surface area contributed by atoms with E-state index in [-0.39, 0.29) is 5.54 Å². The molecule has 0 aromatic heterocycles. The summed E-state index contributed by atoms with van der Waals surface area (Å²) in [6.07, 6.45) is 3.43. The molecule has 0 aliphatic heterocycles. The molecular weight excluding hydrogens is 280 g/mol. The van der Waals surface area contributed by atoms with Crippen molar-refractivity contribution in [3.8, 4) is 0 Å². The predicted octanol–water partition coefficient (Wildman–Crippen LogP) is 5.49. The maximum atomic E-state index is 8.26. The number of rotatable bonds is 8. The average molecular weight is 313 g/mol. The van der Waals surface area contributed by atoms with Crippen LogP contribution in [-0.4, -0.2) is 11.3 Å². The molecule has 0 saturated heterocycles. The molecule has 0 aliphatic rings. The lowest BCUT2D eigenvalue weighted by molar-refractivity contribution is 0.483. The molecule has 2 N–H and O–H groups in total. The molecule has 0 fully saturated rings. The number of allylic oxidation sites excluding steroid dienone is 2. The van der Waals surface area contributed by atoms with Crippen molar-refractivity contribution >= 4 is 5.71 Å². The molecule has 1 rings (SSSR count). The summed E-state index contributed by atoms with van der Waals surface area (Å²) in [5.74, 6) is 0.592. The van der Waals surface area contributed by atoms with E-state index in [0.717, 1.165) is 12.0 Å². The number of benzene rings is 1. The lowest BCUT2D eigenvalue weighted by atomic mass is 9.95. The first-order chi connectivity index (χ1) is 10.6. The Morgan fingerprint density at radius 1 is 1.17 bits per heavy atom. The smallest absolute Gasteiger partial charge is 0.0837 e. The van der Waals surface area contributed by atoms with Gasteiger partial charge >= 0.3 is 0 Å². The van der Waals surface area contributed by atoms with E-state index in [9.17, 15) is 0 Å². The Labute approximate surface area is 142 Å². The number of hydrogen-bond donors (Lipinski definition) is 2. The van der Waals surface area contributed by atoms with E-state index in [4.69, 9.17) is 5.41 Å². The molecule has 1 atom stereocenters. The number of nitrogens with one attached hydrogen (secondary N) is 2. The van der Waals surface area contributed by atoms with Gasteiger partial charge in [-0.2, -0.15) is 0 Å². The largest absolute Gasteiger partial charge is 0.379 e. The highest BCUT2D eigenvalue weighted by Gasteiger charge is 2.13. The topological polar surface area (TPSA) is 35.9 Å². The summed E-state index contributed by atoms with van der Waals surface area (Å²) < 4.78 is 0. The zero-order valence-corrected chi connectivity index (χ0v) is 15.4. The van der Waals surface area contributed by atoms with Gasteiger partial charge in [0.1, 0.15) is 0 Å². The summed E-state index contributed by atoms with van der Waals surface area (Å²) >= 11 is 0. The monoisotopic (exact) mass is 312 g/mol. The highest BCUT2D eigenvalue weighted by molar-refractivity contribution is 6.09. The molecule has 0 spiro atoms. The van der Waals surface area contributed by atoms with Crippen molar-refractivity contribution in [3.63, 3.8) is 0 Å². The van der Waals surface area contributed by atoms with Crippen LogP contribution in [0.4, 0.5) is 0 Å². The van der Waals surface area contributed by atoms with Crippen molar-refractivity contribution in [2.45, 2.75) is 59.4 Å². The Balaban J connectivity index is 2.57. The van der Waals surface area contributed by atoms with E-state index < -0.39 is 0 Å². The van der Waals surface area contributed by atoms with E-state index >= 15 is 0 Å². The molecule has 0 heterocycles. The first-order valence-electron chi connectivity index (χ1n) is 8.41. The van der Waals surface area contributed by atoms with E-state index in [1.165, 1.54) is 24.0 Å². The maximum Gasteiger partial charge on any atom is 0.0837 e. The standard InChI is InChI=1S/C21H32N2/c1-15(2)16(3)9-8-10-18-11-13-19(14-12-18)20(22)17(4)23-21(5,6)7/h11-14,16,22-23H,1,4,8-10H2,2-3,5-7H3. The van der Waals surface area contributed by atoms with Crippen molar-refractivity contribution in [3.05, 3.63) is 59.8 Å². The van der Waals surface area contributed by atoms with Crippen LogP contribution in [0.3, 0.4) is 0 Å². The Bertz CT molecular complexity index is 558.